The predicted octanol–water partition coefficient (Wildman–Crippen LogP) is 5.31. The van der Waals surface area contributed by atoms with Crippen LogP contribution in [-0.4, -0.2) is 43.1 Å². The van der Waals surface area contributed by atoms with E-state index in [-0.39, 0.29) is 0 Å². The Bertz CT molecular complexity index is 1460. The van der Waals surface area contributed by atoms with E-state index in [2.05, 4.69) is 64.7 Å². The van der Waals surface area contributed by atoms with Gasteiger partial charge in [-0.25, -0.2) is 0 Å². The summed E-state index contributed by atoms with van der Waals surface area (Å²) in [5, 5.41) is 23.2. The van der Waals surface area contributed by atoms with Crippen LogP contribution in [0.1, 0.15) is 58.2 Å². The molecule has 1 aliphatic heterocycles. The number of nitrogens with zero attached hydrogens (tertiary/aromatic N) is 5. The van der Waals surface area contributed by atoms with Crippen LogP contribution in [0, 0.1) is 26.7 Å². The van der Waals surface area contributed by atoms with Gasteiger partial charge in [-0.3, -0.25) is 19.3 Å². The highest BCUT2D eigenvalue weighted by atomic mass is 32.1. The van der Waals surface area contributed by atoms with Crippen molar-refractivity contribution in [3.8, 4) is 5.00 Å². The first kappa shape index (κ1) is 24.8. The van der Waals surface area contributed by atoms with Crippen molar-refractivity contribution in [3.05, 3.63) is 87.6 Å². The molecular formula is C28H30N6O2S. The Labute approximate surface area is 220 Å². The highest BCUT2D eigenvalue weighted by Crippen LogP contribution is 2.41. The Morgan fingerprint density at radius 3 is 2.62 bits per heavy atom. The van der Waals surface area contributed by atoms with Gasteiger partial charge in [0.15, 0.2) is 5.82 Å². The zero-order valence-corrected chi connectivity index (χ0v) is 22.2. The van der Waals surface area contributed by atoms with E-state index < -0.39 is 17.9 Å². The number of aryl methyl sites for hydroxylation is 2. The second-order valence-electron chi connectivity index (χ2n) is 9.30. The smallest absolute Gasteiger partial charge is 0.309 e. The number of carboxylic acids is 1. The van der Waals surface area contributed by atoms with Gasteiger partial charge in [0, 0.05) is 40.6 Å². The molecule has 8 nitrogen and oxygen atoms in total. The maximum Gasteiger partial charge on any atom is 0.309 e. The maximum absolute atomic E-state index is 12.2. The number of thiophene rings is 1. The molecule has 2 atom stereocenters. The molecule has 4 aromatic rings. The number of aliphatic imine (C=N–C) groups is 1. The number of aromatic nitrogens is 4. The summed E-state index contributed by atoms with van der Waals surface area (Å²) < 4.78 is 2.00. The molecule has 9 heteroatoms. The molecule has 0 saturated carbocycles. The molecule has 0 bridgehead atoms. The molecule has 0 amide bonds. The van der Waals surface area contributed by atoms with E-state index in [9.17, 15) is 9.90 Å². The standard InChI is InChI=1S/C28H30N6O2S/c1-5-22(28(35)36)25-26-33-32-18(4)34(26)27-23(16(2)17(3)37-27)24(31-25)20-8-10-21(11-9-20)30-14-12-19-7-6-13-29-15-19/h6-11,13,15,22,25,30H,5,12,14H2,1-4H3,(H,35,36)/t22?,25-/m0/s1. The molecule has 190 valence electrons. The van der Waals surface area contributed by atoms with E-state index in [1.165, 1.54) is 10.4 Å². The molecule has 0 fully saturated rings. The average Bonchev–Trinajstić information content (AvgIpc) is 3.36. The number of carboxylic acid groups (broad SMARTS) is 1. The summed E-state index contributed by atoms with van der Waals surface area (Å²) in [6.45, 7) is 8.78. The summed E-state index contributed by atoms with van der Waals surface area (Å²) in [7, 11) is 0. The number of aliphatic carboxylic acids is 1. The molecule has 1 aromatic carbocycles. The lowest BCUT2D eigenvalue weighted by Gasteiger charge is -2.19. The van der Waals surface area contributed by atoms with E-state index in [0.717, 1.165) is 51.9 Å². The van der Waals surface area contributed by atoms with Crippen molar-refractivity contribution in [2.24, 2.45) is 10.9 Å². The lowest BCUT2D eigenvalue weighted by molar-refractivity contribution is -0.142. The zero-order chi connectivity index (χ0) is 26.1. The number of hydrogen-bond acceptors (Lipinski definition) is 7. The normalized spacial score (nSPS) is 15.4. The molecule has 2 N–H and O–H groups in total. The van der Waals surface area contributed by atoms with Gasteiger partial charge in [-0.2, -0.15) is 0 Å². The van der Waals surface area contributed by atoms with Crippen molar-refractivity contribution >= 4 is 28.7 Å². The third-order valence-electron chi connectivity index (χ3n) is 6.95. The van der Waals surface area contributed by atoms with Gasteiger partial charge < -0.3 is 10.4 Å². The molecule has 1 aliphatic rings. The quantitative estimate of drug-likeness (QED) is 0.330. The predicted molar refractivity (Wildman–Crippen MR) is 146 cm³/mol. The van der Waals surface area contributed by atoms with Crippen molar-refractivity contribution in [2.45, 2.75) is 46.6 Å². The van der Waals surface area contributed by atoms with Gasteiger partial charge in [-0.1, -0.05) is 25.1 Å². The highest BCUT2D eigenvalue weighted by molar-refractivity contribution is 7.15. The summed E-state index contributed by atoms with van der Waals surface area (Å²) in [6, 6.07) is 11.6. The first-order valence-corrected chi connectivity index (χ1v) is 13.3. The second kappa shape index (κ2) is 10.3. The fourth-order valence-electron chi connectivity index (χ4n) is 4.79. The minimum Gasteiger partial charge on any atom is -0.481 e. The lowest BCUT2D eigenvalue weighted by atomic mass is 9.95. The summed E-state index contributed by atoms with van der Waals surface area (Å²) in [5.41, 5.74) is 6.11. The van der Waals surface area contributed by atoms with E-state index in [1.807, 2.05) is 30.7 Å². The van der Waals surface area contributed by atoms with Crippen LogP contribution in [0.25, 0.3) is 5.00 Å². The van der Waals surface area contributed by atoms with Gasteiger partial charge in [0.1, 0.15) is 16.9 Å². The number of rotatable bonds is 8. The molecule has 5 rings (SSSR count). The number of nitrogens with one attached hydrogen (secondary N) is 1. The van der Waals surface area contributed by atoms with Crippen LogP contribution >= 0.6 is 11.3 Å². The van der Waals surface area contributed by atoms with Crippen molar-refractivity contribution < 1.29 is 9.90 Å². The topological polar surface area (TPSA) is 105 Å². The number of fused-ring (bicyclic) bond motifs is 3. The molecule has 0 spiro atoms. The van der Waals surface area contributed by atoms with Gasteiger partial charge >= 0.3 is 5.97 Å². The number of pyridine rings is 1. The van der Waals surface area contributed by atoms with Crippen LogP contribution in [0.2, 0.25) is 0 Å². The molecule has 0 aliphatic carbocycles. The third-order valence-corrected chi connectivity index (χ3v) is 8.14. The van der Waals surface area contributed by atoms with Crippen LogP contribution in [0.5, 0.6) is 0 Å². The first-order valence-electron chi connectivity index (χ1n) is 12.5. The van der Waals surface area contributed by atoms with E-state index in [0.29, 0.717) is 12.2 Å². The van der Waals surface area contributed by atoms with Gasteiger partial charge in [0.2, 0.25) is 0 Å². The molecule has 0 saturated heterocycles. The minimum absolute atomic E-state index is 0.439. The van der Waals surface area contributed by atoms with E-state index >= 15 is 0 Å². The zero-order valence-electron chi connectivity index (χ0n) is 21.4. The number of anilines is 1. The number of carbonyl (C=O) groups is 1. The van der Waals surface area contributed by atoms with Crippen LogP contribution in [0.4, 0.5) is 5.69 Å². The van der Waals surface area contributed by atoms with Crippen LogP contribution in [0.3, 0.4) is 0 Å². The summed E-state index contributed by atoms with van der Waals surface area (Å²) >= 11 is 1.67. The lowest BCUT2D eigenvalue weighted by Crippen LogP contribution is -2.23. The summed E-state index contributed by atoms with van der Waals surface area (Å²) in [6.07, 6.45) is 4.99. The Kier molecular flexibility index (Phi) is 6.88. The first-order chi connectivity index (χ1) is 17.9. The van der Waals surface area contributed by atoms with E-state index in [1.54, 1.807) is 17.5 Å². The van der Waals surface area contributed by atoms with Gasteiger partial charge in [0.25, 0.3) is 0 Å². The molecule has 1 unspecified atom stereocenters. The molecule has 3 aromatic heterocycles. The Balaban J connectivity index is 1.53. The molecular weight excluding hydrogens is 484 g/mol. The minimum atomic E-state index is -0.880. The monoisotopic (exact) mass is 514 g/mol. The average molecular weight is 515 g/mol. The molecule has 0 radical (unpaired) electrons. The highest BCUT2D eigenvalue weighted by Gasteiger charge is 2.37. The SMILES string of the molecule is CCC(C(=O)O)[C@@H]1N=C(c2ccc(NCCc3cccnc3)cc2)c2c(sc(C)c2C)-n2c(C)nnc21. The number of hydrogen-bond donors (Lipinski definition) is 2. The number of benzene rings is 1. The fourth-order valence-corrected chi connectivity index (χ4v) is 6.01. The molecule has 37 heavy (non-hydrogen) atoms. The summed E-state index contributed by atoms with van der Waals surface area (Å²) in [4.78, 5) is 22.7. The van der Waals surface area contributed by atoms with Crippen LogP contribution < -0.4 is 5.32 Å². The van der Waals surface area contributed by atoms with Gasteiger partial charge in [0.05, 0.1) is 11.6 Å². The summed E-state index contributed by atoms with van der Waals surface area (Å²) in [5.74, 6) is -0.277. The van der Waals surface area contributed by atoms with Crippen molar-refractivity contribution in [1.29, 1.82) is 0 Å². The Morgan fingerprint density at radius 2 is 1.95 bits per heavy atom. The maximum atomic E-state index is 12.2. The van der Waals surface area contributed by atoms with Gasteiger partial charge in [-0.05, 0) is 62.9 Å². The van der Waals surface area contributed by atoms with Crippen molar-refractivity contribution in [3.63, 3.8) is 0 Å². The molecule has 4 heterocycles. The largest absolute Gasteiger partial charge is 0.481 e. The van der Waals surface area contributed by atoms with E-state index in [4.69, 9.17) is 4.99 Å². The Morgan fingerprint density at radius 1 is 1.16 bits per heavy atom. The van der Waals surface area contributed by atoms with Crippen molar-refractivity contribution in [2.75, 3.05) is 11.9 Å². The van der Waals surface area contributed by atoms with Gasteiger partial charge in [-0.15, -0.1) is 21.5 Å². The third kappa shape index (κ3) is 4.67. The Hall–Kier alpha value is -3.85. The fraction of sp³-hybridized carbons (Fsp3) is 0.321. The van der Waals surface area contributed by atoms with Crippen molar-refractivity contribution in [1.82, 2.24) is 19.7 Å². The second-order valence-corrected chi connectivity index (χ2v) is 10.5. The van der Waals surface area contributed by atoms with Crippen LogP contribution in [-0.2, 0) is 11.2 Å². The van der Waals surface area contributed by atoms with Crippen LogP contribution in [0.15, 0.2) is 53.8 Å².